The molecule has 2 aliphatic rings. The second kappa shape index (κ2) is 7.40. The molecule has 4 rings (SSSR count). The van der Waals surface area contributed by atoms with Crippen molar-refractivity contribution in [3.63, 3.8) is 0 Å². The minimum atomic E-state index is -0.599. The van der Waals surface area contributed by atoms with Gasteiger partial charge >= 0.3 is 5.97 Å². The summed E-state index contributed by atoms with van der Waals surface area (Å²) in [4.78, 5) is 30.2. The van der Waals surface area contributed by atoms with Crippen molar-refractivity contribution >= 4 is 45.7 Å². The van der Waals surface area contributed by atoms with Gasteiger partial charge in [0.05, 0.1) is 12.3 Å². The number of benzene rings is 2. The van der Waals surface area contributed by atoms with Crippen LogP contribution < -0.4 is 0 Å². The quantitative estimate of drug-likeness (QED) is 0.290. The Morgan fingerprint density at radius 2 is 2.07 bits per heavy atom. The molecule has 0 fully saturated rings. The molecule has 28 heavy (non-hydrogen) atoms. The zero-order chi connectivity index (χ0) is 19.8. The number of thioether (sulfide) groups is 1. The molecule has 0 saturated carbocycles. The molecule has 2 aromatic carbocycles. The Bertz CT molecular complexity index is 1080. The molecule has 0 N–H and O–H groups in total. The third-order valence-corrected chi connectivity index (χ3v) is 6.57. The average Bonchev–Trinajstić information content (AvgIpc) is 3.18. The van der Waals surface area contributed by atoms with E-state index in [1.54, 1.807) is 6.92 Å². The van der Waals surface area contributed by atoms with Crippen LogP contribution >= 0.6 is 11.8 Å². The first kappa shape index (κ1) is 18.7. The van der Waals surface area contributed by atoms with Gasteiger partial charge in [-0.1, -0.05) is 37.3 Å². The third-order valence-electron chi connectivity index (χ3n) is 5.10. The number of carbonyl (C=O) groups is 2. The Labute approximate surface area is 168 Å². The van der Waals surface area contributed by atoms with Crippen LogP contribution in [0, 0.1) is 0 Å². The Morgan fingerprint density at radius 3 is 2.79 bits per heavy atom. The highest BCUT2D eigenvalue weighted by Gasteiger charge is 2.39. The lowest BCUT2D eigenvalue weighted by atomic mass is 10.0. The second-order valence-corrected chi connectivity index (χ2v) is 8.09. The number of allylic oxidation sites excluding steroid dienone is 2. The molecule has 0 aromatic heterocycles. The van der Waals surface area contributed by atoms with Crippen molar-refractivity contribution in [3.8, 4) is 0 Å². The van der Waals surface area contributed by atoms with Crippen molar-refractivity contribution in [2.45, 2.75) is 36.8 Å². The Balaban J connectivity index is 1.88. The Hall–Kier alpha value is -2.66. The zero-order valence-electron chi connectivity index (χ0n) is 16.0. The van der Waals surface area contributed by atoms with Gasteiger partial charge in [-0.2, -0.15) is 0 Å². The molecule has 1 atom stereocenters. The van der Waals surface area contributed by atoms with Crippen LogP contribution in [0.1, 0.15) is 37.8 Å². The van der Waals surface area contributed by atoms with E-state index >= 15 is 0 Å². The predicted octanol–water partition coefficient (Wildman–Crippen LogP) is 4.95. The molecule has 2 aromatic rings. The molecule has 1 aliphatic heterocycles. The number of fused-ring (bicyclic) bond motifs is 3. The van der Waals surface area contributed by atoms with Crippen LogP contribution in [0.3, 0.4) is 0 Å². The fourth-order valence-corrected chi connectivity index (χ4v) is 5.04. The summed E-state index contributed by atoms with van der Waals surface area (Å²) >= 11 is 1.85. The van der Waals surface area contributed by atoms with Crippen molar-refractivity contribution in [3.05, 3.63) is 59.7 Å². The highest BCUT2D eigenvalue weighted by atomic mass is 32.2. The Morgan fingerprint density at radius 1 is 1.25 bits per heavy atom. The monoisotopic (exact) mass is 391 g/mol. The van der Waals surface area contributed by atoms with E-state index in [9.17, 15) is 9.59 Å². The topological polar surface area (TPSA) is 55.7 Å². The van der Waals surface area contributed by atoms with Crippen molar-refractivity contribution in [1.29, 1.82) is 0 Å². The zero-order valence-corrected chi connectivity index (χ0v) is 16.8. The van der Waals surface area contributed by atoms with Gasteiger partial charge in [-0.15, -0.1) is 18.3 Å². The van der Waals surface area contributed by atoms with Crippen molar-refractivity contribution in [2.75, 3.05) is 6.61 Å². The highest BCUT2D eigenvalue weighted by molar-refractivity contribution is 8.00. The van der Waals surface area contributed by atoms with Crippen LogP contribution in [0.25, 0.3) is 16.3 Å². The van der Waals surface area contributed by atoms with Gasteiger partial charge in [0.1, 0.15) is 5.57 Å². The first-order valence-electron chi connectivity index (χ1n) is 9.49. The number of amides is 1. The number of esters is 1. The van der Waals surface area contributed by atoms with Crippen LogP contribution in [-0.4, -0.2) is 29.4 Å². The van der Waals surface area contributed by atoms with E-state index in [1.807, 2.05) is 36.0 Å². The lowest BCUT2D eigenvalue weighted by Gasteiger charge is -2.15. The summed E-state index contributed by atoms with van der Waals surface area (Å²) in [5.74, 6) is -1.11. The lowest BCUT2D eigenvalue weighted by Crippen LogP contribution is -2.13. The standard InChI is InChI=1S/C23H21NO3S/c1-4-8-13(5-2)28-17-12-11-15-18-14(17)9-7-10-16(18)21-19(15)20(22(25)24-21)23(26)27-6-3/h4,7,9-13H,1,5-6,8H2,2-3H3. The molecule has 0 spiro atoms. The van der Waals surface area contributed by atoms with E-state index in [1.165, 1.54) is 4.90 Å². The van der Waals surface area contributed by atoms with Gasteiger partial charge < -0.3 is 4.74 Å². The molecular formula is C23H21NO3S. The van der Waals surface area contributed by atoms with E-state index in [4.69, 9.17) is 4.74 Å². The van der Waals surface area contributed by atoms with Crippen LogP contribution in [0.5, 0.6) is 0 Å². The second-order valence-electron chi connectivity index (χ2n) is 6.75. The molecular weight excluding hydrogens is 370 g/mol. The summed E-state index contributed by atoms with van der Waals surface area (Å²) in [6, 6.07) is 10.1. The van der Waals surface area contributed by atoms with Gasteiger partial charge in [-0.3, -0.25) is 4.79 Å². The van der Waals surface area contributed by atoms with Crippen molar-refractivity contribution < 1.29 is 14.3 Å². The van der Waals surface area contributed by atoms with Crippen LogP contribution in [-0.2, 0) is 14.3 Å². The first-order chi connectivity index (χ1) is 13.6. The molecule has 1 aliphatic carbocycles. The number of aliphatic imine (C=N–C) groups is 1. The van der Waals surface area contributed by atoms with Crippen molar-refractivity contribution in [1.82, 2.24) is 0 Å². The fourth-order valence-electron chi connectivity index (χ4n) is 3.84. The molecule has 1 heterocycles. The summed E-state index contributed by atoms with van der Waals surface area (Å²) in [6.07, 6.45) is 3.96. The number of rotatable bonds is 7. The van der Waals surface area contributed by atoms with Gasteiger partial charge in [-0.05, 0) is 36.8 Å². The highest BCUT2D eigenvalue weighted by Crippen LogP contribution is 2.46. The van der Waals surface area contributed by atoms with Gasteiger partial charge in [0.2, 0.25) is 0 Å². The molecule has 142 valence electrons. The minimum absolute atomic E-state index is 0.0489. The summed E-state index contributed by atoms with van der Waals surface area (Å²) in [6.45, 7) is 8.00. The van der Waals surface area contributed by atoms with E-state index in [0.717, 1.165) is 34.7 Å². The van der Waals surface area contributed by atoms with Gasteiger partial charge in [0.25, 0.3) is 5.91 Å². The molecule has 1 unspecified atom stereocenters. The van der Waals surface area contributed by atoms with E-state index in [2.05, 4.69) is 30.6 Å². The molecule has 0 bridgehead atoms. The number of hydrogen-bond donors (Lipinski definition) is 0. The fraction of sp³-hybridized carbons (Fsp3) is 0.261. The van der Waals surface area contributed by atoms with E-state index < -0.39 is 11.9 Å². The minimum Gasteiger partial charge on any atom is -0.462 e. The smallest absolute Gasteiger partial charge is 0.344 e. The van der Waals surface area contributed by atoms with E-state index in [0.29, 0.717) is 16.5 Å². The number of carbonyl (C=O) groups excluding carboxylic acids is 2. The maximum absolute atomic E-state index is 12.4. The third kappa shape index (κ3) is 2.81. The number of nitrogens with zero attached hydrogens (tertiary/aromatic N) is 1. The summed E-state index contributed by atoms with van der Waals surface area (Å²) in [7, 11) is 0. The average molecular weight is 391 g/mol. The van der Waals surface area contributed by atoms with Crippen LogP contribution in [0.2, 0.25) is 0 Å². The lowest BCUT2D eigenvalue weighted by molar-refractivity contribution is -0.139. The summed E-state index contributed by atoms with van der Waals surface area (Å²) in [5.41, 5.74) is 3.06. The van der Waals surface area contributed by atoms with Crippen LogP contribution in [0.15, 0.2) is 58.4 Å². The van der Waals surface area contributed by atoms with Crippen molar-refractivity contribution in [2.24, 2.45) is 4.99 Å². The largest absolute Gasteiger partial charge is 0.462 e. The van der Waals surface area contributed by atoms with Crippen LogP contribution in [0.4, 0.5) is 0 Å². The maximum atomic E-state index is 12.4. The molecule has 0 radical (unpaired) electrons. The summed E-state index contributed by atoms with van der Waals surface area (Å²) < 4.78 is 5.11. The number of hydrogen-bond acceptors (Lipinski definition) is 4. The van der Waals surface area contributed by atoms with Gasteiger partial charge in [-0.25, -0.2) is 9.79 Å². The van der Waals surface area contributed by atoms with Gasteiger partial charge in [0, 0.05) is 26.7 Å². The molecule has 1 amide bonds. The summed E-state index contributed by atoms with van der Waals surface area (Å²) in [5, 5.41) is 2.65. The molecule has 5 heteroatoms. The first-order valence-corrected chi connectivity index (χ1v) is 10.4. The van der Waals surface area contributed by atoms with Gasteiger partial charge in [0.15, 0.2) is 0 Å². The maximum Gasteiger partial charge on any atom is 0.344 e. The molecule has 0 saturated heterocycles. The number of ether oxygens (including phenoxy) is 1. The van der Waals surface area contributed by atoms with E-state index in [-0.39, 0.29) is 12.2 Å². The Kier molecular flexibility index (Phi) is 4.94. The predicted molar refractivity (Wildman–Crippen MR) is 114 cm³/mol. The SMILES string of the molecule is C=CCC(CC)Sc1ccc2c3c(cccc13)C1=NC(=O)C(C(=O)OCC)=C12. The molecule has 4 nitrogen and oxygen atoms in total. The normalized spacial score (nSPS) is 15.6.